The molecule has 0 spiro atoms. The number of carboxylic acid groups (broad SMARTS) is 1. The van der Waals surface area contributed by atoms with Crippen LogP contribution in [0, 0.1) is 0 Å². The number of carbonyl (C=O) groups excluding carboxylic acids is 2. The maximum Gasteiger partial charge on any atom is 0.333 e. The van der Waals surface area contributed by atoms with E-state index in [2.05, 4.69) is 15.6 Å². The molecule has 0 aliphatic carbocycles. The standard InChI is InChI=1S/C26H29N5O5/c32-23(26(35)36)17-31(16-18-9-11-20(12-10-18)19-7-3-1-4-8-19)29-24(33)21-15-22(28-27-21)25(34)30-13-5-2-6-14-30/h1,3-4,7-12,15,23,32H,2,5-6,13-14,16-17H2,(H,27,28)(H,29,33)(H,35,36). The van der Waals surface area contributed by atoms with Crippen LogP contribution in [-0.2, 0) is 11.3 Å². The Labute approximate surface area is 208 Å². The number of aliphatic carboxylic acids is 1. The third-order valence-electron chi connectivity index (χ3n) is 6.06. The topological polar surface area (TPSA) is 139 Å². The van der Waals surface area contributed by atoms with E-state index in [1.807, 2.05) is 54.6 Å². The Hall–Kier alpha value is -4.02. The highest BCUT2D eigenvalue weighted by Crippen LogP contribution is 2.20. The van der Waals surface area contributed by atoms with Crippen LogP contribution in [-0.4, -0.2) is 73.8 Å². The van der Waals surface area contributed by atoms with Crippen molar-refractivity contribution in [3.8, 4) is 11.1 Å². The summed E-state index contributed by atoms with van der Waals surface area (Å²) < 4.78 is 0. The molecule has 1 aliphatic rings. The van der Waals surface area contributed by atoms with E-state index >= 15 is 0 Å². The minimum Gasteiger partial charge on any atom is -0.479 e. The molecule has 0 radical (unpaired) electrons. The lowest BCUT2D eigenvalue weighted by Crippen LogP contribution is -2.47. The molecule has 2 amide bonds. The summed E-state index contributed by atoms with van der Waals surface area (Å²) >= 11 is 0. The zero-order chi connectivity index (χ0) is 25.5. The maximum absolute atomic E-state index is 12.9. The van der Waals surface area contributed by atoms with E-state index in [9.17, 15) is 19.5 Å². The monoisotopic (exact) mass is 491 g/mol. The van der Waals surface area contributed by atoms with E-state index in [0.29, 0.717) is 13.1 Å². The van der Waals surface area contributed by atoms with Crippen LogP contribution in [0.1, 0.15) is 45.8 Å². The van der Waals surface area contributed by atoms with E-state index < -0.39 is 18.0 Å². The number of carboxylic acids is 1. The number of aromatic nitrogens is 2. The van der Waals surface area contributed by atoms with Crippen LogP contribution < -0.4 is 5.43 Å². The third-order valence-corrected chi connectivity index (χ3v) is 6.06. The van der Waals surface area contributed by atoms with Crippen LogP contribution in [0.2, 0.25) is 0 Å². The fourth-order valence-electron chi connectivity index (χ4n) is 4.10. The number of H-pyrrole nitrogens is 1. The van der Waals surface area contributed by atoms with Crippen molar-refractivity contribution in [1.29, 1.82) is 0 Å². The minimum absolute atomic E-state index is 0.0598. The molecule has 188 valence electrons. The summed E-state index contributed by atoms with van der Waals surface area (Å²) in [5, 5.41) is 27.0. The summed E-state index contributed by atoms with van der Waals surface area (Å²) in [7, 11) is 0. The van der Waals surface area contributed by atoms with Gasteiger partial charge in [-0.05, 0) is 36.0 Å². The first-order valence-corrected chi connectivity index (χ1v) is 11.9. The molecule has 4 N–H and O–H groups in total. The number of aliphatic hydroxyl groups is 1. The van der Waals surface area contributed by atoms with Crippen molar-refractivity contribution in [3.05, 3.63) is 77.6 Å². The first kappa shape index (κ1) is 25.1. The Bertz CT molecular complexity index is 1190. The smallest absolute Gasteiger partial charge is 0.333 e. The number of hydrogen-bond donors (Lipinski definition) is 4. The molecule has 10 nitrogen and oxygen atoms in total. The largest absolute Gasteiger partial charge is 0.479 e. The number of amides is 2. The van der Waals surface area contributed by atoms with Crippen LogP contribution in [0.4, 0.5) is 0 Å². The second-order valence-electron chi connectivity index (χ2n) is 8.76. The van der Waals surface area contributed by atoms with Gasteiger partial charge in [-0.2, -0.15) is 5.10 Å². The summed E-state index contributed by atoms with van der Waals surface area (Å²) in [6, 6.07) is 18.9. The molecule has 1 fully saturated rings. The Morgan fingerprint density at radius 1 is 1.00 bits per heavy atom. The number of carbonyl (C=O) groups is 3. The van der Waals surface area contributed by atoms with Crippen LogP contribution in [0.25, 0.3) is 11.1 Å². The van der Waals surface area contributed by atoms with Crippen LogP contribution in [0.15, 0.2) is 60.7 Å². The summed E-state index contributed by atoms with van der Waals surface area (Å²) in [6.45, 7) is 1.14. The average molecular weight is 492 g/mol. The van der Waals surface area contributed by atoms with Gasteiger partial charge in [-0.3, -0.25) is 20.1 Å². The lowest BCUT2D eigenvalue weighted by molar-refractivity contribution is -0.148. The van der Waals surface area contributed by atoms with E-state index in [4.69, 9.17) is 5.11 Å². The van der Waals surface area contributed by atoms with Crippen LogP contribution >= 0.6 is 0 Å². The number of nitrogens with zero attached hydrogens (tertiary/aromatic N) is 3. The first-order valence-electron chi connectivity index (χ1n) is 11.9. The molecule has 4 rings (SSSR count). The number of hydrazine groups is 1. The molecule has 1 atom stereocenters. The fraction of sp³-hybridized carbons (Fsp3) is 0.308. The first-order chi connectivity index (χ1) is 17.4. The van der Waals surface area contributed by atoms with Crippen molar-refractivity contribution in [1.82, 2.24) is 25.5 Å². The van der Waals surface area contributed by atoms with Gasteiger partial charge >= 0.3 is 5.97 Å². The maximum atomic E-state index is 12.9. The molecule has 1 saturated heterocycles. The number of hydrogen-bond acceptors (Lipinski definition) is 6. The summed E-state index contributed by atoms with van der Waals surface area (Å²) in [4.78, 5) is 38.5. The molecule has 0 saturated carbocycles. The molecule has 2 heterocycles. The Balaban J connectivity index is 1.44. The highest BCUT2D eigenvalue weighted by atomic mass is 16.4. The Morgan fingerprint density at radius 2 is 1.67 bits per heavy atom. The van der Waals surface area contributed by atoms with Gasteiger partial charge in [0.15, 0.2) is 11.8 Å². The van der Waals surface area contributed by atoms with E-state index in [1.165, 1.54) is 11.1 Å². The Kier molecular flexibility index (Phi) is 8.09. The van der Waals surface area contributed by atoms with Gasteiger partial charge in [-0.15, -0.1) is 0 Å². The predicted molar refractivity (Wildman–Crippen MR) is 132 cm³/mol. The predicted octanol–water partition coefficient (Wildman–Crippen LogP) is 2.30. The zero-order valence-corrected chi connectivity index (χ0v) is 19.8. The number of aliphatic hydroxyl groups excluding tert-OH is 1. The molecular weight excluding hydrogens is 462 g/mol. The summed E-state index contributed by atoms with van der Waals surface area (Å²) in [5.74, 6) is -2.23. The molecule has 0 bridgehead atoms. The van der Waals surface area contributed by atoms with Gasteiger partial charge in [-0.25, -0.2) is 9.80 Å². The van der Waals surface area contributed by atoms with Crippen LogP contribution in [0.3, 0.4) is 0 Å². The summed E-state index contributed by atoms with van der Waals surface area (Å²) in [5.41, 5.74) is 5.71. The minimum atomic E-state index is -1.70. The summed E-state index contributed by atoms with van der Waals surface area (Å²) in [6.07, 6.45) is 1.27. The second kappa shape index (κ2) is 11.6. The number of likely N-dealkylation sites (tertiary alicyclic amines) is 1. The lowest BCUT2D eigenvalue weighted by atomic mass is 10.0. The van der Waals surface area contributed by atoms with Crippen molar-refractivity contribution >= 4 is 17.8 Å². The number of nitrogens with one attached hydrogen (secondary N) is 2. The van der Waals surface area contributed by atoms with Gasteiger partial charge in [0.2, 0.25) is 0 Å². The van der Waals surface area contributed by atoms with Gasteiger partial charge in [0.25, 0.3) is 11.8 Å². The second-order valence-corrected chi connectivity index (χ2v) is 8.76. The molecular formula is C26H29N5O5. The third kappa shape index (κ3) is 6.35. The van der Waals surface area contributed by atoms with Crippen LogP contribution in [0.5, 0.6) is 0 Å². The average Bonchev–Trinajstić information content (AvgIpc) is 3.40. The van der Waals surface area contributed by atoms with Gasteiger partial charge in [0.05, 0.1) is 6.54 Å². The normalized spacial score (nSPS) is 14.4. The number of rotatable bonds is 9. The molecule has 2 aromatic carbocycles. The van der Waals surface area contributed by atoms with Gasteiger partial charge in [0, 0.05) is 25.7 Å². The van der Waals surface area contributed by atoms with Crippen molar-refractivity contribution in [2.75, 3.05) is 19.6 Å². The SMILES string of the molecule is O=C(NN(Cc1ccc(-c2ccccc2)cc1)CC(O)C(=O)O)c1cc(C(=O)N2CCCCC2)n[nH]1. The fourth-order valence-corrected chi connectivity index (χ4v) is 4.10. The van der Waals surface area contributed by atoms with Crippen molar-refractivity contribution < 1.29 is 24.6 Å². The number of benzene rings is 2. The van der Waals surface area contributed by atoms with Gasteiger partial charge in [-0.1, -0.05) is 54.6 Å². The van der Waals surface area contributed by atoms with Gasteiger partial charge in [0.1, 0.15) is 5.69 Å². The highest BCUT2D eigenvalue weighted by molar-refractivity contribution is 5.97. The number of piperidine rings is 1. The molecule has 1 aliphatic heterocycles. The molecule has 1 aromatic heterocycles. The van der Waals surface area contributed by atoms with Crippen molar-refractivity contribution in [3.63, 3.8) is 0 Å². The van der Waals surface area contributed by atoms with Gasteiger partial charge < -0.3 is 15.1 Å². The number of aromatic amines is 1. The lowest BCUT2D eigenvalue weighted by Gasteiger charge is -2.25. The molecule has 3 aromatic rings. The van der Waals surface area contributed by atoms with Crippen molar-refractivity contribution in [2.45, 2.75) is 31.9 Å². The Morgan fingerprint density at radius 3 is 2.33 bits per heavy atom. The molecule has 10 heteroatoms. The quantitative estimate of drug-likeness (QED) is 0.337. The van der Waals surface area contributed by atoms with E-state index in [1.54, 1.807) is 4.90 Å². The highest BCUT2D eigenvalue weighted by Gasteiger charge is 2.24. The molecule has 36 heavy (non-hydrogen) atoms. The zero-order valence-electron chi connectivity index (χ0n) is 19.8. The molecule has 1 unspecified atom stereocenters. The van der Waals surface area contributed by atoms with E-state index in [-0.39, 0.29) is 30.4 Å². The van der Waals surface area contributed by atoms with Crippen molar-refractivity contribution in [2.24, 2.45) is 0 Å². The van der Waals surface area contributed by atoms with E-state index in [0.717, 1.165) is 36.0 Å².